The average molecular weight is 541 g/mol. The monoisotopic (exact) mass is 540 g/mol. The van der Waals surface area contributed by atoms with Gasteiger partial charge in [-0.3, -0.25) is 14.6 Å². The van der Waals surface area contributed by atoms with E-state index in [1.165, 1.54) is 5.01 Å². The lowest BCUT2D eigenvalue weighted by Gasteiger charge is -2.46. The van der Waals surface area contributed by atoms with Gasteiger partial charge in [0, 0.05) is 39.8 Å². The predicted octanol–water partition coefficient (Wildman–Crippen LogP) is 3.07. The van der Waals surface area contributed by atoms with Crippen LogP contribution in [-0.4, -0.2) is 90.6 Å². The van der Waals surface area contributed by atoms with E-state index in [0.29, 0.717) is 13.0 Å². The first-order valence-corrected chi connectivity index (χ1v) is 13.5. The summed E-state index contributed by atoms with van der Waals surface area (Å²) in [5.41, 5.74) is 3.07. The molecule has 3 aromatic carbocycles. The minimum atomic E-state index is -0.688. The summed E-state index contributed by atoms with van der Waals surface area (Å²) >= 11 is 0. The topological polar surface area (TPSA) is 79.4 Å². The number of hydrogen-bond donors (Lipinski definition) is 1. The molecule has 2 aliphatic rings. The molecule has 0 unspecified atom stereocenters. The van der Waals surface area contributed by atoms with E-state index < -0.39 is 12.2 Å². The number of hydrogen-bond acceptors (Lipinski definition) is 5. The highest BCUT2D eigenvalue weighted by molar-refractivity contribution is 5.92. The Labute approximate surface area is 235 Å². The van der Waals surface area contributed by atoms with E-state index in [1.54, 1.807) is 23.0 Å². The first-order valence-electron chi connectivity index (χ1n) is 13.5. The van der Waals surface area contributed by atoms with Crippen LogP contribution in [-0.2, 0) is 22.6 Å². The molecule has 4 amide bonds. The van der Waals surface area contributed by atoms with Crippen molar-refractivity contribution < 1.29 is 14.4 Å². The fraction of sp³-hybridized carbons (Fsp3) is 0.323. The highest BCUT2D eigenvalue weighted by Crippen LogP contribution is 2.31. The number of fused-ring (bicyclic) bond motifs is 2. The third kappa shape index (κ3) is 5.12. The Bertz CT molecular complexity index is 1420. The van der Waals surface area contributed by atoms with E-state index >= 15 is 0 Å². The molecule has 0 aromatic heterocycles. The van der Waals surface area contributed by atoms with Crippen LogP contribution in [0, 0.1) is 0 Å². The van der Waals surface area contributed by atoms with Gasteiger partial charge in [0.2, 0.25) is 11.8 Å². The molecule has 0 bridgehead atoms. The van der Waals surface area contributed by atoms with Gasteiger partial charge in [-0.1, -0.05) is 60.7 Å². The summed E-state index contributed by atoms with van der Waals surface area (Å²) in [6.45, 7) is 4.74. The number of carbonyl (C=O) groups excluding carboxylic acids is 3. The molecule has 1 N–H and O–H groups in total. The van der Waals surface area contributed by atoms with Crippen LogP contribution in [0.1, 0.15) is 11.1 Å². The molecule has 2 saturated heterocycles. The Kier molecular flexibility index (Phi) is 7.75. The zero-order valence-corrected chi connectivity index (χ0v) is 23.3. The van der Waals surface area contributed by atoms with Gasteiger partial charge in [0.15, 0.2) is 0 Å². The molecule has 0 saturated carbocycles. The lowest BCUT2D eigenvalue weighted by atomic mass is 9.98. The van der Waals surface area contributed by atoms with Crippen LogP contribution in [0.3, 0.4) is 0 Å². The normalized spacial score (nSPS) is 19.1. The van der Waals surface area contributed by atoms with Crippen LogP contribution in [0.2, 0.25) is 0 Å². The Morgan fingerprint density at radius 1 is 1.05 bits per heavy atom. The highest BCUT2D eigenvalue weighted by Gasteiger charge is 2.52. The number of nitrogens with zero attached hydrogens (tertiary/aromatic N) is 5. The lowest BCUT2D eigenvalue weighted by Crippen LogP contribution is -2.65. The number of amides is 4. The first-order chi connectivity index (χ1) is 19.3. The van der Waals surface area contributed by atoms with Crippen LogP contribution in [0.15, 0.2) is 79.4 Å². The third-order valence-electron chi connectivity index (χ3n) is 7.75. The van der Waals surface area contributed by atoms with Crippen molar-refractivity contribution in [3.8, 4) is 0 Å². The van der Waals surface area contributed by atoms with Crippen molar-refractivity contribution in [2.45, 2.75) is 25.2 Å². The molecule has 40 heavy (non-hydrogen) atoms. The van der Waals surface area contributed by atoms with Crippen molar-refractivity contribution in [1.82, 2.24) is 25.1 Å². The van der Waals surface area contributed by atoms with Crippen LogP contribution in [0.25, 0.3) is 10.8 Å². The molecular formula is C31H36N6O3. The molecule has 0 radical (unpaired) electrons. The molecule has 3 aromatic rings. The van der Waals surface area contributed by atoms with E-state index in [0.717, 1.165) is 27.6 Å². The van der Waals surface area contributed by atoms with Gasteiger partial charge >= 0.3 is 6.03 Å². The minimum absolute atomic E-state index is 0.0113. The number of hydrazine groups is 1. The number of carbonyl (C=O) groups is 3. The molecule has 5 rings (SSSR count). The molecule has 2 fully saturated rings. The van der Waals surface area contributed by atoms with Crippen molar-refractivity contribution in [3.05, 3.63) is 90.5 Å². The van der Waals surface area contributed by atoms with Gasteiger partial charge in [-0.25, -0.2) is 4.79 Å². The SMILES string of the molecule is C=CCN(C(=O)NC)N1CC(=O)N2[C@@H](Cc3ccc(N(C)C)cc3)C(=O)N(Cc3cccc4ccccc34)C[C@@H]21. The van der Waals surface area contributed by atoms with E-state index in [1.807, 2.05) is 72.4 Å². The maximum Gasteiger partial charge on any atom is 0.332 e. The summed E-state index contributed by atoms with van der Waals surface area (Å²) in [6, 6.07) is 21.3. The van der Waals surface area contributed by atoms with Gasteiger partial charge < -0.3 is 20.0 Å². The maximum absolute atomic E-state index is 14.1. The molecule has 208 valence electrons. The molecule has 0 aliphatic carbocycles. The minimum Gasteiger partial charge on any atom is -0.378 e. The van der Waals surface area contributed by atoms with Crippen LogP contribution in [0.4, 0.5) is 10.5 Å². The van der Waals surface area contributed by atoms with Gasteiger partial charge in [-0.2, -0.15) is 5.01 Å². The first kappa shape index (κ1) is 27.2. The third-order valence-corrected chi connectivity index (χ3v) is 7.75. The molecule has 2 atom stereocenters. The molecular weight excluding hydrogens is 504 g/mol. The molecule has 2 aliphatic heterocycles. The Morgan fingerprint density at radius 3 is 2.48 bits per heavy atom. The summed E-state index contributed by atoms with van der Waals surface area (Å²) in [5, 5.41) is 8.14. The summed E-state index contributed by atoms with van der Waals surface area (Å²) in [4.78, 5) is 46.0. The van der Waals surface area contributed by atoms with E-state index in [4.69, 9.17) is 0 Å². The van der Waals surface area contributed by atoms with E-state index in [9.17, 15) is 14.4 Å². The van der Waals surface area contributed by atoms with Gasteiger partial charge in [0.25, 0.3) is 0 Å². The molecule has 2 heterocycles. The van der Waals surface area contributed by atoms with Crippen molar-refractivity contribution >= 4 is 34.3 Å². The van der Waals surface area contributed by atoms with Crippen molar-refractivity contribution in [2.24, 2.45) is 0 Å². The van der Waals surface area contributed by atoms with Crippen molar-refractivity contribution in [2.75, 3.05) is 45.7 Å². The average Bonchev–Trinajstić information content (AvgIpc) is 3.29. The molecule has 0 spiro atoms. The predicted molar refractivity (Wildman–Crippen MR) is 156 cm³/mol. The quantitative estimate of drug-likeness (QED) is 0.445. The largest absolute Gasteiger partial charge is 0.378 e. The van der Waals surface area contributed by atoms with Crippen LogP contribution >= 0.6 is 0 Å². The van der Waals surface area contributed by atoms with Crippen molar-refractivity contribution in [3.63, 3.8) is 0 Å². The second-order valence-corrected chi connectivity index (χ2v) is 10.4. The number of anilines is 1. The summed E-state index contributed by atoms with van der Waals surface area (Å²) in [6.07, 6.45) is 1.54. The Morgan fingerprint density at radius 2 is 1.77 bits per heavy atom. The molecule has 9 heteroatoms. The maximum atomic E-state index is 14.1. The Hall–Kier alpha value is -4.37. The standard InChI is InChI=1S/C31H36N6O3/c1-5-17-35(31(40)32-2)36-21-29(38)37-27(18-22-13-15-25(16-14-22)33(3)4)30(39)34(20-28(36)37)19-24-11-8-10-23-9-6-7-12-26(23)24/h5-16,27-28H,1,17-21H2,2-4H3,(H,32,40)/t27-,28+/m0/s1. The smallest absolute Gasteiger partial charge is 0.332 e. The number of urea groups is 1. The fourth-order valence-corrected chi connectivity index (χ4v) is 5.74. The lowest BCUT2D eigenvalue weighted by molar-refractivity contribution is -0.157. The zero-order chi connectivity index (χ0) is 28.4. The fourth-order valence-electron chi connectivity index (χ4n) is 5.74. The zero-order valence-electron chi connectivity index (χ0n) is 23.3. The van der Waals surface area contributed by atoms with Crippen LogP contribution < -0.4 is 10.2 Å². The number of rotatable bonds is 8. The number of piperazine rings is 1. The van der Waals surface area contributed by atoms with E-state index in [2.05, 4.69) is 30.1 Å². The van der Waals surface area contributed by atoms with Gasteiger partial charge in [-0.05, 0) is 34.0 Å². The van der Waals surface area contributed by atoms with Gasteiger partial charge in [0.1, 0.15) is 12.2 Å². The number of nitrogens with one attached hydrogen (secondary N) is 1. The summed E-state index contributed by atoms with van der Waals surface area (Å²) < 4.78 is 0. The highest BCUT2D eigenvalue weighted by atomic mass is 16.2. The Balaban J connectivity index is 1.51. The second kappa shape index (κ2) is 11.4. The summed E-state index contributed by atoms with van der Waals surface area (Å²) in [7, 11) is 5.52. The number of benzene rings is 3. The van der Waals surface area contributed by atoms with Gasteiger partial charge in [-0.15, -0.1) is 6.58 Å². The second-order valence-electron chi connectivity index (χ2n) is 10.4. The van der Waals surface area contributed by atoms with E-state index in [-0.39, 0.29) is 37.5 Å². The van der Waals surface area contributed by atoms with Crippen LogP contribution in [0.5, 0.6) is 0 Å². The van der Waals surface area contributed by atoms with Gasteiger partial charge in [0.05, 0.1) is 19.6 Å². The summed E-state index contributed by atoms with van der Waals surface area (Å²) in [5.74, 6) is -0.262. The van der Waals surface area contributed by atoms with Crippen molar-refractivity contribution in [1.29, 1.82) is 0 Å². The molecule has 9 nitrogen and oxygen atoms in total.